The number of nitrogens with one attached hydrogen (secondary N) is 2. The number of hydrogen-bond donors (Lipinski definition) is 2. The number of sulfonamides is 1. The lowest BCUT2D eigenvalue weighted by atomic mass is 10.2. The average molecular weight is 280 g/mol. The second-order valence-corrected chi connectivity index (χ2v) is 6.39. The first kappa shape index (κ1) is 14.2. The van der Waals surface area contributed by atoms with Crippen molar-refractivity contribution in [3.8, 4) is 0 Å². The average Bonchev–Trinajstić information content (AvgIpc) is 2.91. The molecule has 0 aliphatic carbocycles. The molecule has 2 rings (SSSR count). The Morgan fingerprint density at radius 3 is 2.79 bits per heavy atom. The van der Waals surface area contributed by atoms with E-state index < -0.39 is 10.0 Å². The van der Waals surface area contributed by atoms with Gasteiger partial charge in [0.2, 0.25) is 10.0 Å². The van der Waals surface area contributed by atoms with Crippen molar-refractivity contribution in [1.29, 1.82) is 0 Å². The van der Waals surface area contributed by atoms with Gasteiger partial charge < -0.3 is 5.32 Å². The zero-order valence-corrected chi connectivity index (χ0v) is 11.7. The van der Waals surface area contributed by atoms with E-state index in [2.05, 4.69) is 10.0 Å². The van der Waals surface area contributed by atoms with Gasteiger partial charge in [0.15, 0.2) is 0 Å². The monoisotopic (exact) mass is 280 g/mol. The van der Waals surface area contributed by atoms with Gasteiger partial charge in [-0.3, -0.25) is 0 Å². The van der Waals surface area contributed by atoms with Gasteiger partial charge in [0.05, 0.1) is 0 Å². The van der Waals surface area contributed by atoms with E-state index in [-0.39, 0.29) is 0 Å². The Morgan fingerprint density at radius 2 is 2.11 bits per heavy atom. The molecule has 104 valence electrons. The quantitative estimate of drug-likeness (QED) is 0.834. The highest BCUT2D eigenvalue weighted by Crippen LogP contribution is 2.08. The van der Waals surface area contributed by atoms with Gasteiger partial charge in [-0.1, -0.05) is 30.3 Å². The fourth-order valence-electron chi connectivity index (χ4n) is 2.16. The van der Waals surface area contributed by atoms with Gasteiger partial charge in [-0.2, -0.15) is 0 Å². The van der Waals surface area contributed by atoms with Crippen LogP contribution in [0.15, 0.2) is 35.7 Å². The van der Waals surface area contributed by atoms with Crippen molar-refractivity contribution < 1.29 is 8.42 Å². The summed E-state index contributed by atoms with van der Waals surface area (Å²) in [5, 5.41) is 4.57. The molecule has 2 N–H and O–H groups in total. The van der Waals surface area contributed by atoms with Crippen molar-refractivity contribution in [3.05, 3.63) is 41.3 Å². The van der Waals surface area contributed by atoms with Crippen molar-refractivity contribution in [3.63, 3.8) is 0 Å². The molecule has 0 radical (unpaired) electrons. The van der Waals surface area contributed by atoms with E-state index in [0.29, 0.717) is 12.6 Å². The van der Waals surface area contributed by atoms with Crippen LogP contribution in [0.3, 0.4) is 0 Å². The van der Waals surface area contributed by atoms with Crippen LogP contribution in [-0.4, -0.2) is 27.5 Å². The van der Waals surface area contributed by atoms with Gasteiger partial charge in [0, 0.05) is 18.0 Å². The summed E-state index contributed by atoms with van der Waals surface area (Å²) >= 11 is 0. The highest BCUT2D eigenvalue weighted by atomic mass is 32.2. The van der Waals surface area contributed by atoms with E-state index in [0.717, 1.165) is 24.9 Å². The topological polar surface area (TPSA) is 58.2 Å². The van der Waals surface area contributed by atoms with Crippen molar-refractivity contribution in [2.45, 2.75) is 25.3 Å². The van der Waals surface area contributed by atoms with Crippen LogP contribution < -0.4 is 10.0 Å². The molecule has 5 heteroatoms. The maximum Gasteiger partial charge on any atom is 0.233 e. The molecule has 0 bridgehead atoms. The molecule has 19 heavy (non-hydrogen) atoms. The molecule has 0 spiro atoms. The largest absolute Gasteiger partial charge is 0.314 e. The van der Waals surface area contributed by atoms with Crippen LogP contribution in [0.1, 0.15) is 24.8 Å². The van der Waals surface area contributed by atoms with Crippen LogP contribution >= 0.6 is 0 Å². The molecule has 4 nitrogen and oxygen atoms in total. The predicted octanol–water partition coefficient (Wildman–Crippen LogP) is 1.72. The molecule has 1 heterocycles. The third-order valence-electron chi connectivity index (χ3n) is 3.20. The molecule has 1 atom stereocenters. The molecule has 0 amide bonds. The second kappa shape index (κ2) is 6.84. The lowest BCUT2D eigenvalue weighted by molar-refractivity contribution is 0.543. The summed E-state index contributed by atoms with van der Waals surface area (Å²) < 4.78 is 26.1. The number of rotatable bonds is 6. The molecule has 1 aliphatic rings. The Hall–Kier alpha value is -1.17. The molecule has 0 aromatic heterocycles. The van der Waals surface area contributed by atoms with Crippen LogP contribution in [0.2, 0.25) is 0 Å². The number of benzene rings is 1. The lowest BCUT2D eigenvalue weighted by Gasteiger charge is -2.09. The van der Waals surface area contributed by atoms with Crippen LogP contribution in [0.25, 0.3) is 6.08 Å². The van der Waals surface area contributed by atoms with E-state index in [1.165, 1.54) is 11.8 Å². The normalized spacial score (nSPS) is 20.1. The van der Waals surface area contributed by atoms with Gasteiger partial charge in [0.1, 0.15) is 0 Å². The van der Waals surface area contributed by atoms with E-state index >= 15 is 0 Å². The summed E-state index contributed by atoms with van der Waals surface area (Å²) in [6, 6.07) is 9.86. The summed E-state index contributed by atoms with van der Waals surface area (Å²) in [6.45, 7) is 1.53. The Kier molecular flexibility index (Phi) is 5.13. The van der Waals surface area contributed by atoms with Gasteiger partial charge in [-0.05, 0) is 37.4 Å². The van der Waals surface area contributed by atoms with Crippen LogP contribution in [0.4, 0.5) is 0 Å². The van der Waals surface area contributed by atoms with Crippen molar-refractivity contribution in [2.24, 2.45) is 0 Å². The summed E-state index contributed by atoms with van der Waals surface area (Å²) in [4.78, 5) is 0. The fourth-order valence-corrected chi connectivity index (χ4v) is 2.99. The molecule has 1 aliphatic heterocycles. The lowest BCUT2D eigenvalue weighted by Crippen LogP contribution is -2.29. The minimum absolute atomic E-state index is 0.459. The van der Waals surface area contributed by atoms with E-state index in [4.69, 9.17) is 0 Å². The summed E-state index contributed by atoms with van der Waals surface area (Å²) in [5.74, 6) is 0. The second-order valence-electron chi connectivity index (χ2n) is 4.73. The van der Waals surface area contributed by atoms with Gasteiger partial charge >= 0.3 is 0 Å². The van der Waals surface area contributed by atoms with Crippen molar-refractivity contribution in [2.75, 3.05) is 13.1 Å². The molecule has 1 aromatic carbocycles. The molecule has 1 aromatic rings. The highest BCUT2D eigenvalue weighted by Gasteiger charge is 2.14. The van der Waals surface area contributed by atoms with Crippen molar-refractivity contribution in [1.82, 2.24) is 10.0 Å². The Morgan fingerprint density at radius 1 is 1.32 bits per heavy atom. The Bertz CT molecular complexity index is 506. The first-order valence-electron chi connectivity index (χ1n) is 6.62. The summed E-state index contributed by atoms with van der Waals surface area (Å²) in [6.07, 6.45) is 4.78. The highest BCUT2D eigenvalue weighted by molar-refractivity contribution is 7.92. The molecular weight excluding hydrogens is 260 g/mol. The zero-order valence-electron chi connectivity index (χ0n) is 10.9. The fraction of sp³-hybridized carbons (Fsp3) is 0.429. The minimum Gasteiger partial charge on any atom is -0.314 e. The predicted molar refractivity (Wildman–Crippen MR) is 78.0 cm³/mol. The Labute approximate surface area is 115 Å². The van der Waals surface area contributed by atoms with Crippen LogP contribution in [0.5, 0.6) is 0 Å². The summed E-state index contributed by atoms with van der Waals surface area (Å²) in [5.41, 5.74) is 0.880. The van der Waals surface area contributed by atoms with Gasteiger partial charge in [0.25, 0.3) is 0 Å². The third-order valence-corrected chi connectivity index (χ3v) is 4.30. The van der Waals surface area contributed by atoms with Crippen LogP contribution in [-0.2, 0) is 10.0 Å². The Balaban J connectivity index is 1.79. The van der Waals surface area contributed by atoms with E-state index in [1.54, 1.807) is 6.08 Å². The molecule has 0 unspecified atom stereocenters. The van der Waals surface area contributed by atoms with E-state index in [9.17, 15) is 8.42 Å². The maximum atomic E-state index is 11.8. The first-order chi connectivity index (χ1) is 9.16. The maximum absolute atomic E-state index is 11.8. The van der Waals surface area contributed by atoms with Crippen molar-refractivity contribution >= 4 is 16.1 Å². The third kappa shape index (κ3) is 5.14. The first-order valence-corrected chi connectivity index (χ1v) is 8.16. The molecule has 0 saturated carbocycles. The molecule has 1 fully saturated rings. The van der Waals surface area contributed by atoms with Gasteiger partial charge in [-0.15, -0.1) is 0 Å². The number of hydrogen-bond acceptors (Lipinski definition) is 3. The zero-order chi connectivity index (χ0) is 13.6. The SMILES string of the molecule is O=S(=O)(/C=C/c1ccccc1)NCC[C@H]1CCCN1. The van der Waals surface area contributed by atoms with E-state index in [1.807, 2.05) is 30.3 Å². The smallest absolute Gasteiger partial charge is 0.233 e. The standard InChI is InChI=1S/C14H20N2O2S/c17-19(18,12-9-13-5-2-1-3-6-13)16-11-8-14-7-4-10-15-14/h1-3,5-6,9,12,14-16H,4,7-8,10-11H2/b12-9+/t14-/m1/s1. The van der Waals surface area contributed by atoms with Gasteiger partial charge in [-0.25, -0.2) is 13.1 Å². The van der Waals surface area contributed by atoms with Crippen LogP contribution in [0, 0.1) is 0 Å². The molecular formula is C14H20N2O2S. The summed E-state index contributed by atoms with van der Waals surface area (Å²) in [7, 11) is -3.33. The molecule has 1 saturated heterocycles. The minimum atomic E-state index is -3.33.